The van der Waals surface area contributed by atoms with Gasteiger partial charge in [0.15, 0.2) is 0 Å². The number of rotatable bonds is 3. The van der Waals surface area contributed by atoms with Crippen LogP contribution in [0.3, 0.4) is 0 Å². The number of hydrogen-bond acceptors (Lipinski definition) is 2. The van der Waals surface area contributed by atoms with Crippen LogP contribution < -0.4 is 0 Å². The third-order valence-corrected chi connectivity index (χ3v) is 2.82. The highest BCUT2D eigenvalue weighted by molar-refractivity contribution is 5.79. The topological polar surface area (TPSA) is 26.3 Å². The van der Waals surface area contributed by atoms with Crippen LogP contribution in [0, 0.1) is 0 Å². The van der Waals surface area contributed by atoms with E-state index in [0.717, 1.165) is 12.8 Å². The van der Waals surface area contributed by atoms with Crippen molar-refractivity contribution in [3.63, 3.8) is 0 Å². The maximum Gasteiger partial charge on any atom is 0.133 e. The molecule has 0 N–H and O–H groups in total. The molecule has 0 amide bonds. The summed E-state index contributed by atoms with van der Waals surface area (Å²) in [5.74, 6) is 0.384. The number of benzene rings is 1. The largest absolute Gasteiger partial charge is 0.374 e. The van der Waals surface area contributed by atoms with Crippen molar-refractivity contribution in [2.24, 2.45) is 0 Å². The molecule has 0 aromatic heterocycles. The maximum absolute atomic E-state index is 11.0. The summed E-state index contributed by atoms with van der Waals surface area (Å²) < 4.78 is 5.77. The lowest BCUT2D eigenvalue weighted by Crippen LogP contribution is -2.21. The van der Waals surface area contributed by atoms with Gasteiger partial charge in [-0.3, -0.25) is 4.79 Å². The molecule has 1 aromatic rings. The van der Waals surface area contributed by atoms with Crippen molar-refractivity contribution in [3.05, 3.63) is 49.1 Å². The third kappa shape index (κ3) is 4.96. The Morgan fingerprint density at radius 3 is 2.29 bits per heavy atom. The van der Waals surface area contributed by atoms with Crippen LogP contribution in [0.2, 0.25) is 0 Å². The minimum absolute atomic E-state index is 0.280. The summed E-state index contributed by atoms with van der Waals surface area (Å²) in [7, 11) is 0. The van der Waals surface area contributed by atoms with Crippen LogP contribution in [0.1, 0.15) is 31.2 Å². The molecule has 0 saturated heterocycles. The van der Waals surface area contributed by atoms with E-state index in [-0.39, 0.29) is 6.10 Å². The maximum atomic E-state index is 11.0. The molecule has 0 radical (unpaired) electrons. The Morgan fingerprint density at radius 2 is 1.71 bits per heavy atom. The molecule has 1 fully saturated rings. The van der Waals surface area contributed by atoms with E-state index >= 15 is 0 Å². The first-order chi connectivity index (χ1) is 8.34. The zero-order chi connectivity index (χ0) is 12.5. The van der Waals surface area contributed by atoms with Crippen molar-refractivity contribution in [2.75, 3.05) is 0 Å². The average molecular weight is 232 g/mol. The van der Waals surface area contributed by atoms with Gasteiger partial charge in [-0.05, 0) is 18.4 Å². The Kier molecular flexibility index (Phi) is 6.26. The van der Waals surface area contributed by atoms with Gasteiger partial charge in [-0.15, -0.1) is 13.2 Å². The van der Waals surface area contributed by atoms with Crippen molar-refractivity contribution < 1.29 is 9.53 Å². The number of carbonyl (C=O) groups is 1. The second kappa shape index (κ2) is 7.80. The Hall–Kier alpha value is -1.41. The van der Waals surface area contributed by atoms with Gasteiger partial charge < -0.3 is 4.74 Å². The minimum atomic E-state index is 0.280. The van der Waals surface area contributed by atoms with E-state index in [9.17, 15) is 4.79 Å². The van der Waals surface area contributed by atoms with Gasteiger partial charge >= 0.3 is 0 Å². The number of carbonyl (C=O) groups excluding carboxylic acids is 1. The SMILES string of the molecule is C=C.O=C1CCC(OCc2ccccc2)CC1. The van der Waals surface area contributed by atoms with Gasteiger partial charge in [0.1, 0.15) is 5.78 Å². The van der Waals surface area contributed by atoms with E-state index in [0.29, 0.717) is 25.2 Å². The highest BCUT2D eigenvalue weighted by Gasteiger charge is 2.18. The predicted molar refractivity (Wildman–Crippen MR) is 69.7 cm³/mol. The first-order valence-corrected chi connectivity index (χ1v) is 6.02. The van der Waals surface area contributed by atoms with Crippen molar-refractivity contribution in [2.45, 2.75) is 38.4 Å². The monoisotopic (exact) mass is 232 g/mol. The summed E-state index contributed by atoms with van der Waals surface area (Å²) >= 11 is 0. The molecule has 2 nitrogen and oxygen atoms in total. The summed E-state index contributed by atoms with van der Waals surface area (Å²) in [6, 6.07) is 10.2. The molecule has 17 heavy (non-hydrogen) atoms. The molecule has 1 aliphatic rings. The van der Waals surface area contributed by atoms with Gasteiger partial charge in [-0.2, -0.15) is 0 Å². The van der Waals surface area contributed by atoms with Gasteiger partial charge in [0.2, 0.25) is 0 Å². The van der Waals surface area contributed by atoms with Crippen LogP contribution in [0.4, 0.5) is 0 Å². The number of Topliss-reactive ketones (excluding diaryl/α,β-unsaturated/α-hetero) is 1. The molecule has 0 unspecified atom stereocenters. The second-order valence-electron chi connectivity index (χ2n) is 4.03. The number of ether oxygens (including phenoxy) is 1. The molecule has 0 heterocycles. The average Bonchev–Trinajstić information content (AvgIpc) is 2.42. The first-order valence-electron chi connectivity index (χ1n) is 6.02. The van der Waals surface area contributed by atoms with Crippen molar-refractivity contribution in [3.8, 4) is 0 Å². The number of hydrogen-bond donors (Lipinski definition) is 0. The quantitative estimate of drug-likeness (QED) is 0.745. The lowest BCUT2D eigenvalue weighted by molar-refractivity contribution is -0.123. The summed E-state index contributed by atoms with van der Waals surface area (Å²) in [6.45, 7) is 6.67. The Morgan fingerprint density at radius 1 is 1.12 bits per heavy atom. The van der Waals surface area contributed by atoms with Gasteiger partial charge in [-0.1, -0.05) is 30.3 Å². The fourth-order valence-electron chi connectivity index (χ4n) is 1.87. The Labute approximate surface area is 103 Å². The van der Waals surface area contributed by atoms with Gasteiger partial charge in [0.05, 0.1) is 12.7 Å². The molecule has 0 spiro atoms. The Balaban J connectivity index is 0.000000686. The summed E-state index contributed by atoms with van der Waals surface area (Å²) in [5.41, 5.74) is 1.20. The zero-order valence-electron chi connectivity index (χ0n) is 10.2. The van der Waals surface area contributed by atoms with Crippen LogP contribution in [-0.2, 0) is 16.1 Å². The van der Waals surface area contributed by atoms with Crippen molar-refractivity contribution in [1.82, 2.24) is 0 Å². The molecular weight excluding hydrogens is 212 g/mol. The summed E-state index contributed by atoms with van der Waals surface area (Å²) in [6.07, 6.45) is 3.46. The molecule has 2 heteroatoms. The van der Waals surface area contributed by atoms with Crippen LogP contribution >= 0.6 is 0 Å². The molecule has 2 rings (SSSR count). The van der Waals surface area contributed by atoms with E-state index in [2.05, 4.69) is 25.3 Å². The molecular formula is C15H20O2. The van der Waals surface area contributed by atoms with E-state index in [1.165, 1.54) is 5.56 Å². The fourth-order valence-corrected chi connectivity index (χ4v) is 1.87. The highest BCUT2D eigenvalue weighted by Crippen LogP contribution is 2.19. The molecule has 0 bridgehead atoms. The van der Waals surface area contributed by atoms with Gasteiger partial charge in [0.25, 0.3) is 0 Å². The summed E-state index contributed by atoms with van der Waals surface area (Å²) in [5, 5.41) is 0. The van der Waals surface area contributed by atoms with E-state index in [1.54, 1.807) is 0 Å². The second-order valence-corrected chi connectivity index (χ2v) is 4.03. The third-order valence-electron chi connectivity index (χ3n) is 2.82. The smallest absolute Gasteiger partial charge is 0.133 e. The van der Waals surface area contributed by atoms with E-state index in [1.807, 2.05) is 18.2 Å². The first kappa shape index (κ1) is 13.7. The van der Waals surface area contributed by atoms with Crippen LogP contribution in [-0.4, -0.2) is 11.9 Å². The van der Waals surface area contributed by atoms with Gasteiger partial charge in [0, 0.05) is 12.8 Å². The van der Waals surface area contributed by atoms with Crippen molar-refractivity contribution >= 4 is 5.78 Å². The van der Waals surface area contributed by atoms with E-state index in [4.69, 9.17) is 4.74 Å². The lowest BCUT2D eigenvalue weighted by Gasteiger charge is -2.21. The van der Waals surface area contributed by atoms with Crippen molar-refractivity contribution in [1.29, 1.82) is 0 Å². The standard InChI is InChI=1S/C13H16O2.C2H4/c14-12-6-8-13(9-7-12)15-10-11-4-2-1-3-5-11;1-2/h1-5,13H,6-10H2;1-2H2. The van der Waals surface area contributed by atoms with Crippen LogP contribution in [0.15, 0.2) is 43.5 Å². The van der Waals surface area contributed by atoms with Crippen LogP contribution in [0.5, 0.6) is 0 Å². The molecule has 1 aliphatic carbocycles. The van der Waals surface area contributed by atoms with E-state index < -0.39 is 0 Å². The Bertz CT molecular complexity index is 322. The normalized spacial score (nSPS) is 16.1. The van der Waals surface area contributed by atoms with Gasteiger partial charge in [-0.25, -0.2) is 0 Å². The molecule has 92 valence electrons. The highest BCUT2D eigenvalue weighted by atomic mass is 16.5. The van der Waals surface area contributed by atoms with Crippen LogP contribution in [0.25, 0.3) is 0 Å². The molecule has 0 aliphatic heterocycles. The molecule has 0 atom stereocenters. The fraction of sp³-hybridized carbons (Fsp3) is 0.400. The molecule has 1 saturated carbocycles. The predicted octanol–water partition coefficient (Wildman–Crippen LogP) is 3.52. The lowest BCUT2D eigenvalue weighted by atomic mass is 9.96. The number of ketones is 1. The minimum Gasteiger partial charge on any atom is -0.374 e. The molecule has 1 aromatic carbocycles. The summed E-state index contributed by atoms with van der Waals surface area (Å²) in [4.78, 5) is 11.0. The zero-order valence-corrected chi connectivity index (χ0v) is 10.2.